The summed E-state index contributed by atoms with van der Waals surface area (Å²) in [5.74, 6) is -4.24. The van der Waals surface area contributed by atoms with Crippen molar-refractivity contribution in [2.24, 2.45) is 11.5 Å². The molecule has 0 aliphatic carbocycles. The largest absolute Gasteiger partial charge is 0.508 e. The van der Waals surface area contributed by atoms with Crippen LogP contribution < -0.4 is 22.1 Å². The number of nitrogens with one attached hydrogen (secondary N) is 3. The van der Waals surface area contributed by atoms with Crippen LogP contribution in [0.5, 0.6) is 5.75 Å². The molecule has 0 radical (unpaired) electrons. The van der Waals surface area contributed by atoms with Crippen molar-refractivity contribution in [2.45, 2.75) is 56.3 Å². The summed E-state index contributed by atoms with van der Waals surface area (Å²) in [7, 11) is 0. The van der Waals surface area contributed by atoms with Gasteiger partial charge < -0.3 is 42.2 Å². The number of aliphatic carboxylic acids is 1. The second-order valence-electron chi connectivity index (χ2n) is 10.4. The molecule has 0 saturated carbocycles. The van der Waals surface area contributed by atoms with Gasteiger partial charge in [0.05, 0.1) is 12.5 Å². The van der Waals surface area contributed by atoms with E-state index < -0.39 is 60.2 Å². The zero-order chi connectivity index (χ0) is 30.4. The van der Waals surface area contributed by atoms with Crippen molar-refractivity contribution in [1.82, 2.24) is 20.5 Å². The molecule has 1 aliphatic heterocycles. The molecule has 0 bridgehead atoms. The molecular weight excluding hydrogens is 544 g/mol. The number of aromatic hydroxyl groups is 1. The Morgan fingerprint density at radius 2 is 1.71 bits per heavy atom. The van der Waals surface area contributed by atoms with Gasteiger partial charge in [0, 0.05) is 30.1 Å². The molecule has 1 aromatic heterocycles. The van der Waals surface area contributed by atoms with Gasteiger partial charge in [-0.15, -0.1) is 0 Å². The number of carbonyl (C=O) groups is 5. The van der Waals surface area contributed by atoms with Crippen LogP contribution >= 0.6 is 0 Å². The average Bonchev–Trinajstić information content (AvgIpc) is 3.60. The number of primary amides is 1. The minimum atomic E-state index is -1.46. The minimum Gasteiger partial charge on any atom is -0.508 e. The maximum atomic E-state index is 13.3. The van der Waals surface area contributed by atoms with Gasteiger partial charge in [-0.1, -0.05) is 30.3 Å². The minimum absolute atomic E-state index is 0.00254. The second-order valence-corrected chi connectivity index (χ2v) is 10.4. The molecule has 3 aromatic rings. The number of amides is 4. The van der Waals surface area contributed by atoms with Gasteiger partial charge in [0.25, 0.3) is 0 Å². The molecule has 2 heterocycles. The highest BCUT2D eigenvalue weighted by Crippen LogP contribution is 2.22. The molecule has 1 saturated heterocycles. The SMILES string of the molecule is NC(=O)CC(NC(=O)C1CCCN1C(=O)C(N)Cc1c[nH]c2ccccc12)C(=O)NC(Cc1ccc(O)cc1)C(=O)O. The lowest BCUT2D eigenvalue weighted by molar-refractivity contribution is -0.143. The molecule has 4 amide bonds. The topological polar surface area (TPSA) is 221 Å². The number of para-hydroxylation sites is 1. The standard InChI is InChI=1S/C29H34N6O7/c30-20(13-17-15-32-21-5-2-1-4-19(17)21)28(40)35-11-3-6-24(35)27(39)33-22(14-25(31)37)26(38)34-23(29(41)42)12-16-7-9-18(36)10-8-16/h1-2,4-5,7-10,15,20,22-24,32,36H,3,6,11-14,30H2,(H2,31,37)(H,33,39)(H,34,38)(H,41,42). The highest BCUT2D eigenvalue weighted by atomic mass is 16.4. The third-order valence-electron chi connectivity index (χ3n) is 7.30. The maximum absolute atomic E-state index is 13.3. The molecule has 13 nitrogen and oxygen atoms in total. The third kappa shape index (κ3) is 7.23. The third-order valence-corrected chi connectivity index (χ3v) is 7.30. The van der Waals surface area contributed by atoms with Gasteiger partial charge in [0.1, 0.15) is 23.9 Å². The van der Waals surface area contributed by atoms with Crippen molar-refractivity contribution in [2.75, 3.05) is 6.54 Å². The van der Waals surface area contributed by atoms with Crippen LogP contribution in [-0.2, 0) is 36.8 Å². The Hall–Kier alpha value is -4.91. The van der Waals surface area contributed by atoms with Gasteiger partial charge in [0.2, 0.25) is 23.6 Å². The number of rotatable bonds is 12. The molecule has 1 aliphatic rings. The Morgan fingerprint density at radius 1 is 1.00 bits per heavy atom. The number of nitrogens with zero attached hydrogens (tertiary/aromatic N) is 1. The Balaban J connectivity index is 1.42. The molecule has 0 spiro atoms. The lowest BCUT2D eigenvalue weighted by Crippen LogP contribution is -2.57. The van der Waals surface area contributed by atoms with Crippen molar-refractivity contribution in [3.8, 4) is 5.75 Å². The normalized spacial score (nSPS) is 16.9. The molecule has 2 aromatic carbocycles. The van der Waals surface area contributed by atoms with Crippen LogP contribution in [0.4, 0.5) is 0 Å². The molecule has 4 rings (SSSR count). The first-order valence-corrected chi connectivity index (χ1v) is 13.5. The van der Waals surface area contributed by atoms with Gasteiger partial charge in [0.15, 0.2) is 0 Å². The lowest BCUT2D eigenvalue weighted by Gasteiger charge is -2.28. The summed E-state index contributed by atoms with van der Waals surface area (Å²) in [6.45, 7) is 0.291. The Labute approximate surface area is 241 Å². The first-order chi connectivity index (χ1) is 20.0. The fourth-order valence-corrected chi connectivity index (χ4v) is 5.16. The van der Waals surface area contributed by atoms with Crippen LogP contribution in [0.2, 0.25) is 0 Å². The summed E-state index contributed by atoms with van der Waals surface area (Å²) >= 11 is 0. The van der Waals surface area contributed by atoms with E-state index in [9.17, 15) is 34.2 Å². The predicted octanol–water partition coefficient (Wildman–Crippen LogP) is -0.0934. The molecule has 13 heteroatoms. The molecule has 4 unspecified atom stereocenters. The zero-order valence-electron chi connectivity index (χ0n) is 22.8. The molecule has 9 N–H and O–H groups in total. The number of likely N-dealkylation sites (tertiary alicyclic amines) is 1. The van der Waals surface area contributed by atoms with Gasteiger partial charge in [-0.25, -0.2) is 4.79 Å². The van der Waals surface area contributed by atoms with Crippen molar-refractivity contribution < 1.29 is 34.2 Å². The van der Waals surface area contributed by atoms with E-state index in [-0.39, 0.29) is 18.6 Å². The van der Waals surface area contributed by atoms with Crippen molar-refractivity contribution in [3.05, 3.63) is 65.9 Å². The van der Waals surface area contributed by atoms with Crippen LogP contribution in [0.15, 0.2) is 54.7 Å². The number of hydrogen-bond donors (Lipinski definition) is 7. The predicted molar refractivity (Wildman–Crippen MR) is 152 cm³/mol. The number of phenols is 1. The zero-order valence-corrected chi connectivity index (χ0v) is 22.8. The summed E-state index contributed by atoms with van der Waals surface area (Å²) in [6, 6.07) is 8.70. The molecular formula is C29H34N6O7. The van der Waals surface area contributed by atoms with Gasteiger partial charge in [-0.2, -0.15) is 0 Å². The van der Waals surface area contributed by atoms with Crippen LogP contribution in [0.25, 0.3) is 10.9 Å². The summed E-state index contributed by atoms with van der Waals surface area (Å²) in [6.07, 6.45) is 2.20. The Kier molecular flexibility index (Phi) is 9.42. The van der Waals surface area contributed by atoms with E-state index in [0.717, 1.165) is 16.5 Å². The first-order valence-electron chi connectivity index (χ1n) is 13.5. The van der Waals surface area contributed by atoms with Crippen LogP contribution in [0, 0.1) is 0 Å². The van der Waals surface area contributed by atoms with Crippen molar-refractivity contribution in [1.29, 1.82) is 0 Å². The summed E-state index contributed by atoms with van der Waals surface area (Å²) < 4.78 is 0. The smallest absolute Gasteiger partial charge is 0.326 e. The summed E-state index contributed by atoms with van der Waals surface area (Å²) in [5, 5.41) is 24.9. The van der Waals surface area contributed by atoms with E-state index in [4.69, 9.17) is 11.5 Å². The van der Waals surface area contributed by atoms with E-state index in [1.54, 1.807) is 6.20 Å². The summed E-state index contributed by atoms with van der Waals surface area (Å²) in [5.41, 5.74) is 13.9. The fraction of sp³-hybridized carbons (Fsp3) is 0.345. The monoisotopic (exact) mass is 578 g/mol. The number of carboxylic acids is 1. The highest BCUT2D eigenvalue weighted by molar-refractivity contribution is 5.96. The van der Waals surface area contributed by atoms with Crippen molar-refractivity contribution >= 4 is 40.5 Å². The summed E-state index contributed by atoms with van der Waals surface area (Å²) in [4.78, 5) is 67.8. The van der Waals surface area contributed by atoms with Crippen molar-refractivity contribution in [3.63, 3.8) is 0 Å². The number of aromatic nitrogens is 1. The van der Waals surface area contributed by atoms with Crippen LogP contribution in [0.3, 0.4) is 0 Å². The van der Waals surface area contributed by atoms with E-state index >= 15 is 0 Å². The molecule has 4 atom stereocenters. The molecule has 42 heavy (non-hydrogen) atoms. The number of nitrogens with two attached hydrogens (primary N) is 2. The number of fused-ring (bicyclic) bond motifs is 1. The maximum Gasteiger partial charge on any atom is 0.326 e. The number of benzene rings is 2. The number of H-pyrrole nitrogens is 1. The van der Waals surface area contributed by atoms with Gasteiger partial charge >= 0.3 is 5.97 Å². The van der Waals surface area contributed by atoms with E-state index in [0.29, 0.717) is 24.9 Å². The Morgan fingerprint density at radius 3 is 2.40 bits per heavy atom. The number of carboxylic acid groups (broad SMARTS) is 1. The number of aromatic amines is 1. The lowest BCUT2D eigenvalue weighted by atomic mass is 10.0. The van der Waals surface area contributed by atoms with E-state index in [1.807, 2.05) is 24.3 Å². The average molecular weight is 579 g/mol. The fourth-order valence-electron chi connectivity index (χ4n) is 5.16. The van der Waals surface area contributed by atoms with Crippen LogP contribution in [0.1, 0.15) is 30.4 Å². The Bertz CT molecular complexity index is 1470. The first kappa shape index (κ1) is 30.1. The number of phenolic OH excluding ortho intramolecular Hbond substituents is 1. The quantitative estimate of drug-likeness (QED) is 0.153. The van der Waals surface area contributed by atoms with Gasteiger partial charge in [-0.3, -0.25) is 19.2 Å². The van der Waals surface area contributed by atoms with Crippen LogP contribution in [-0.4, -0.2) is 80.4 Å². The van der Waals surface area contributed by atoms with E-state index in [1.165, 1.54) is 29.2 Å². The molecule has 222 valence electrons. The van der Waals surface area contributed by atoms with E-state index in [2.05, 4.69) is 15.6 Å². The van der Waals surface area contributed by atoms with Gasteiger partial charge in [-0.05, 0) is 48.6 Å². The number of hydrogen-bond acceptors (Lipinski definition) is 7. The highest BCUT2D eigenvalue weighted by Gasteiger charge is 2.38. The number of carbonyl (C=O) groups excluding carboxylic acids is 4. The molecule has 1 fully saturated rings. The second kappa shape index (κ2) is 13.2.